The van der Waals surface area contributed by atoms with Gasteiger partial charge >= 0.3 is 0 Å². The van der Waals surface area contributed by atoms with E-state index in [1.807, 2.05) is 19.1 Å². The van der Waals surface area contributed by atoms with E-state index in [1.54, 1.807) is 23.1 Å². The molecule has 0 spiro atoms. The van der Waals surface area contributed by atoms with E-state index < -0.39 is 0 Å². The van der Waals surface area contributed by atoms with Crippen LogP contribution in [-0.4, -0.2) is 30.5 Å². The maximum atomic E-state index is 13.4. The number of ether oxygens (including phenoxy) is 1. The highest BCUT2D eigenvalue weighted by Crippen LogP contribution is 2.25. The molecular formula is C18H20ClFN2O2. The van der Waals surface area contributed by atoms with Crippen molar-refractivity contribution in [3.05, 3.63) is 65.0 Å². The summed E-state index contributed by atoms with van der Waals surface area (Å²) in [6.07, 6.45) is -0.315. The normalized spacial score (nSPS) is 17.2. The molecule has 1 aliphatic rings. The lowest BCUT2D eigenvalue weighted by Gasteiger charge is -2.33. The largest absolute Gasteiger partial charge is 0.399 e. The van der Waals surface area contributed by atoms with Crippen molar-refractivity contribution in [1.29, 1.82) is 0 Å². The van der Waals surface area contributed by atoms with E-state index in [-0.39, 0.29) is 30.2 Å². The van der Waals surface area contributed by atoms with Gasteiger partial charge in [0.1, 0.15) is 11.9 Å². The second-order valence-corrected chi connectivity index (χ2v) is 5.74. The van der Waals surface area contributed by atoms with Gasteiger partial charge in [-0.1, -0.05) is 18.2 Å². The zero-order valence-electron chi connectivity index (χ0n) is 13.4. The minimum Gasteiger partial charge on any atom is -0.399 e. The fraction of sp³-hybridized carbons (Fsp3) is 0.278. The Kier molecular flexibility index (Phi) is 5.80. The Labute approximate surface area is 146 Å². The van der Waals surface area contributed by atoms with Gasteiger partial charge in [0.2, 0.25) is 0 Å². The molecule has 0 bridgehead atoms. The standard InChI is InChI=1S/C18H19FN2O2.ClH/c1-12-5-6-15(20)10-16(12)18(22)21-7-8-23-17(11-21)13-3-2-4-14(19)9-13;/h2-6,9-10,17H,7-8,11,20H2,1H3;1H. The maximum absolute atomic E-state index is 13.4. The summed E-state index contributed by atoms with van der Waals surface area (Å²) in [6, 6.07) is 11.6. The molecule has 1 atom stereocenters. The Hall–Kier alpha value is -2.11. The molecule has 4 nitrogen and oxygen atoms in total. The van der Waals surface area contributed by atoms with Crippen molar-refractivity contribution in [1.82, 2.24) is 4.90 Å². The number of benzene rings is 2. The van der Waals surface area contributed by atoms with Gasteiger partial charge in [0.25, 0.3) is 5.91 Å². The molecule has 1 saturated heterocycles. The second kappa shape index (κ2) is 7.64. The van der Waals surface area contributed by atoms with Gasteiger partial charge < -0.3 is 15.4 Å². The summed E-state index contributed by atoms with van der Waals surface area (Å²) in [7, 11) is 0. The number of nitrogen functional groups attached to an aromatic ring is 1. The Balaban J connectivity index is 0.00000208. The van der Waals surface area contributed by atoms with Gasteiger partial charge in [0.05, 0.1) is 13.2 Å². The molecule has 3 rings (SSSR count). The molecule has 0 aliphatic carbocycles. The van der Waals surface area contributed by atoms with Crippen LogP contribution in [0.15, 0.2) is 42.5 Å². The predicted octanol–water partition coefficient (Wildman–Crippen LogP) is 3.35. The van der Waals surface area contributed by atoms with E-state index in [4.69, 9.17) is 10.5 Å². The van der Waals surface area contributed by atoms with Gasteiger partial charge in [-0.05, 0) is 42.3 Å². The van der Waals surface area contributed by atoms with Crippen molar-refractivity contribution >= 4 is 24.0 Å². The molecular weight excluding hydrogens is 331 g/mol. The van der Waals surface area contributed by atoms with E-state index in [0.717, 1.165) is 11.1 Å². The fourth-order valence-electron chi connectivity index (χ4n) is 2.78. The quantitative estimate of drug-likeness (QED) is 0.845. The molecule has 6 heteroatoms. The van der Waals surface area contributed by atoms with Crippen LogP contribution in [0.3, 0.4) is 0 Å². The van der Waals surface area contributed by atoms with Crippen molar-refractivity contribution in [2.75, 3.05) is 25.4 Å². The first-order chi connectivity index (χ1) is 11.0. The van der Waals surface area contributed by atoms with Crippen molar-refractivity contribution in [2.24, 2.45) is 0 Å². The summed E-state index contributed by atoms with van der Waals surface area (Å²) >= 11 is 0. The van der Waals surface area contributed by atoms with E-state index in [0.29, 0.717) is 30.9 Å². The summed E-state index contributed by atoms with van der Waals surface area (Å²) in [6.45, 7) is 3.22. The first-order valence-electron chi connectivity index (χ1n) is 7.57. The third kappa shape index (κ3) is 3.86. The molecule has 1 fully saturated rings. The van der Waals surface area contributed by atoms with Crippen molar-refractivity contribution in [3.8, 4) is 0 Å². The maximum Gasteiger partial charge on any atom is 0.254 e. The smallest absolute Gasteiger partial charge is 0.254 e. The van der Waals surface area contributed by atoms with Crippen molar-refractivity contribution in [3.63, 3.8) is 0 Å². The van der Waals surface area contributed by atoms with Crippen molar-refractivity contribution < 1.29 is 13.9 Å². The summed E-state index contributed by atoms with van der Waals surface area (Å²) in [4.78, 5) is 14.5. The van der Waals surface area contributed by atoms with Crippen LogP contribution in [0.2, 0.25) is 0 Å². The highest BCUT2D eigenvalue weighted by atomic mass is 35.5. The van der Waals surface area contributed by atoms with Crippen LogP contribution in [0.4, 0.5) is 10.1 Å². The van der Waals surface area contributed by atoms with Crippen LogP contribution in [0.25, 0.3) is 0 Å². The minimum absolute atomic E-state index is 0. The lowest BCUT2D eigenvalue weighted by molar-refractivity contribution is -0.0229. The van der Waals surface area contributed by atoms with Gasteiger partial charge in [0, 0.05) is 17.8 Å². The van der Waals surface area contributed by atoms with Gasteiger partial charge in [-0.3, -0.25) is 4.79 Å². The van der Waals surface area contributed by atoms with E-state index in [1.165, 1.54) is 12.1 Å². The molecule has 1 aliphatic heterocycles. The molecule has 128 valence electrons. The number of anilines is 1. The number of hydrogen-bond donors (Lipinski definition) is 1. The molecule has 2 aromatic rings. The van der Waals surface area contributed by atoms with Crippen molar-refractivity contribution in [2.45, 2.75) is 13.0 Å². The van der Waals surface area contributed by atoms with Crippen LogP contribution >= 0.6 is 12.4 Å². The van der Waals surface area contributed by atoms with Crippen LogP contribution in [-0.2, 0) is 4.74 Å². The SMILES string of the molecule is Cc1ccc(N)cc1C(=O)N1CCOC(c2cccc(F)c2)C1.Cl. The molecule has 2 N–H and O–H groups in total. The average molecular weight is 351 g/mol. The fourth-order valence-corrected chi connectivity index (χ4v) is 2.78. The third-order valence-corrected chi connectivity index (χ3v) is 4.07. The number of hydrogen-bond acceptors (Lipinski definition) is 3. The summed E-state index contributed by atoms with van der Waals surface area (Å²) in [5, 5.41) is 0. The van der Waals surface area contributed by atoms with E-state index >= 15 is 0 Å². The molecule has 0 radical (unpaired) electrons. The number of halogens is 2. The molecule has 0 aromatic heterocycles. The van der Waals surface area contributed by atoms with Crippen LogP contribution in [0.5, 0.6) is 0 Å². The Morgan fingerprint density at radius 3 is 2.83 bits per heavy atom. The number of amides is 1. The number of rotatable bonds is 2. The van der Waals surface area contributed by atoms with E-state index in [2.05, 4.69) is 0 Å². The summed E-state index contributed by atoms with van der Waals surface area (Å²) < 4.78 is 19.1. The van der Waals surface area contributed by atoms with Crippen LogP contribution < -0.4 is 5.73 Å². The third-order valence-electron chi connectivity index (χ3n) is 4.07. The second-order valence-electron chi connectivity index (χ2n) is 5.74. The van der Waals surface area contributed by atoms with Gasteiger partial charge in [0.15, 0.2) is 0 Å². The number of nitrogens with zero attached hydrogens (tertiary/aromatic N) is 1. The van der Waals surface area contributed by atoms with E-state index in [9.17, 15) is 9.18 Å². The zero-order chi connectivity index (χ0) is 16.4. The van der Waals surface area contributed by atoms with Gasteiger partial charge in [-0.25, -0.2) is 4.39 Å². The molecule has 1 heterocycles. The number of morpholine rings is 1. The highest BCUT2D eigenvalue weighted by molar-refractivity contribution is 5.96. The number of nitrogens with two attached hydrogens (primary N) is 1. The molecule has 2 aromatic carbocycles. The minimum atomic E-state index is -0.315. The lowest BCUT2D eigenvalue weighted by atomic mass is 10.0. The van der Waals surface area contributed by atoms with Gasteiger partial charge in [-0.15, -0.1) is 12.4 Å². The summed E-state index contributed by atoms with van der Waals surface area (Å²) in [5.41, 5.74) is 8.59. The highest BCUT2D eigenvalue weighted by Gasteiger charge is 2.27. The first-order valence-corrected chi connectivity index (χ1v) is 7.57. The monoisotopic (exact) mass is 350 g/mol. The van der Waals surface area contributed by atoms with Crippen LogP contribution in [0.1, 0.15) is 27.6 Å². The Morgan fingerprint density at radius 2 is 2.08 bits per heavy atom. The zero-order valence-corrected chi connectivity index (χ0v) is 14.2. The molecule has 24 heavy (non-hydrogen) atoms. The predicted molar refractivity (Wildman–Crippen MR) is 93.8 cm³/mol. The molecule has 0 saturated carbocycles. The molecule has 1 amide bonds. The lowest BCUT2D eigenvalue weighted by Crippen LogP contribution is -2.42. The molecule has 1 unspecified atom stereocenters. The van der Waals surface area contributed by atoms with Crippen LogP contribution in [0, 0.1) is 12.7 Å². The number of aryl methyl sites for hydroxylation is 1. The number of carbonyl (C=O) groups is 1. The Bertz CT molecular complexity index is 739. The first kappa shape index (κ1) is 18.2. The van der Waals surface area contributed by atoms with Gasteiger partial charge in [-0.2, -0.15) is 0 Å². The summed E-state index contributed by atoms with van der Waals surface area (Å²) in [5.74, 6) is -0.374. The average Bonchev–Trinajstić information content (AvgIpc) is 2.56. The number of carbonyl (C=O) groups excluding carboxylic acids is 1. The Morgan fingerprint density at radius 1 is 1.29 bits per heavy atom. The topological polar surface area (TPSA) is 55.6 Å².